The number of ether oxygens (including phenoxy) is 1. The van der Waals surface area contributed by atoms with Gasteiger partial charge in [-0.1, -0.05) is 13.3 Å². The minimum Gasteiger partial charge on any atom is -0.467 e. The predicted molar refractivity (Wildman–Crippen MR) is 59.4 cm³/mol. The molecule has 0 saturated carbocycles. The number of nitrogens with zero attached hydrogens (tertiary/aromatic N) is 3. The minimum atomic E-state index is 0.132. The second-order valence-electron chi connectivity index (χ2n) is 3.25. The monoisotopic (exact) mass is 230 g/mol. The molecule has 84 valence electrons. The zero-order chi connectivity index (χ0) is 11.3. The molecule has 0 aliphatic heterocycles. The van der Waals surface area contributed by atoms with Crippen molar-refractivity contribution >= 4 is 17.5 Å². The molecule has 1 heterocycles. The van der Waals surface area contributed by atoms with Crippen molar-refractivity contribution in [2.75, 3.05) is 12.4 Å². The standard InChI is InChI=1S/C9H15ClN4O/c1-4-5-6(2)11-8-12-7(10)13-9(14-8)15-3/h6H,4-5H2,1-3H3,(H,11,12,13,14). The molecule has 0 amide bonds. The Morgan fingerprint density at radius 3 is 2.73 bits per heavy atom. The summed E-state index contributed by atoms with van der Waals surface area (Å²) in [4.78, 5) is 11.8. The van der Waals surface area contributed by atoms with Crippen molar-refractivity contribution in [3.63, 3.8) is 0 Å². The summed E-state index contributed by atoms with van der Waals surface area (Å²) in [5.74, 6) is 0.452. The molecule has 0 aromatic carbocycles. The molecule has 0 aliphatic rings. The van der Waals surface area contributed by atoms with Gasteiger partial charge in [0, 0.05) is 6.04 Å². The summed E-state index contributed by atoms with van der Waals surface area (Å²) in [6.07, 6.45) is 2.15. The van der Waals surface area contributed by atoms with Crippen LogP contribution in [0.15, 0.2) is 0 Å². The van der Waals surface area contributed by atoms with Gasteiger partial charge in [-0.25, -0.2) is 0 Å². The second-order valence-corrected chi connectivity index (χ2v) is 3.59. The lowest BCUT2D eigenvalue weighted by Crippen LogP contribution is -2.17. The highest BCUT2D eigenvalue weighted by atomic mass is 35.5. The molecular formula is C9H15ClN4O. The largest absolute Gasteiger partial charge is 0.467 e. The van der Waals surface area contributed by atoms with Crippen molar-refractivity contribution in [1.29, 1.82) is 0 Å². The van der Waals surface area contributed by atoms with Gasteiger partial charge in [-0.3, -0.25) is 0 Å². The summed E-state index contributed by atoms with van der Waals surface area (Å²) in [6, 6.07) is 0.527. The minimum absolute atomic E-state index is 0.132. The molecule has 5 nitrogen and oxygen atoms in total. The first-order chi connectivity index (χ1) is 7.15. The molecule has 0 spiro atoms. The summed E-state index contributed by atoms with van der Waals surface area (Å²) in [5, 5.41) is 3.26. The second kappa shape index (κ2) is 5.70. The topological polar surface area (TPSA) is 59.9 Å². The van der Waals surface area contributed by atoms with E-state index in [1.165, 1.54) is 7.11 Å². The first-order valence-electron chi connectivity index (χ1n) is 4.87. The molecule has 0 fully saturated rings. The molecule has 0 saturated heterocycles. The van der Waals surface area contributed by atoms with Crippen LogP contribution in [0.25, 0.3) is 0 Å². The quantitative estimate of drug-likeness (QED) is 0.840. The first-order valence-corrected chi connectivity index (χ1v) is 5.25. The highest BCUT2D eigenvalue weighted by Gasteiger charge is 2.07. The van der Waals surface area contributed by atoms with Gasteiger partial charge in [-0.05, 0) is 24.9 Å². The fraction of sp³-hybridized carbons (Fsp3) is 0.667. The van der Waals surface area contributed by atoms with Crippen LogP contribution in [-0.2, 0) is 0 Å². The lowest BCUT2D eigenvalue weighted by molar-refractivity contribution is 0.378. The Morgan fingerprint density at radius 1 is 1.40 bits per heavy atom. The summed E-state index contributed by atoms with van der Waals surface area (Å²) in [6.45, 7) is 4.19. The molecule has 6 heteroatoms. The third kappa shape index (κ3) is 3.87. The maximum absolute atomic E-state index is 5.71. The Hall–Kier alpha value is -1.10. The van der Waals surface area contributed by atoms with Crippen LogP contribution >= 0.6 is 11.6 Å². The number of rotatable bonds is 5. The van der Waals surface area contributed by atoms with E-state index in [1.54, 1.807) is 0 Å². The number of hydrogen-bond acceptors (Lipinski definition) is 5. The Balaban J connectivity index is 2.71. The van der Waals surface area contributed by atoms with Crippen molar-refractivity contribution in [3.05, 3.63) is 5.28 Å². The molecule has 1 aromatic rings. The molecule has 1 aromatic heterocycles. The molecule has 1 unspecified atom stereocenters. The molecule has 1 rings (SSSR count). The Morgan fingerprint density at radius 2 is 2.13 bits per heavy atom. The normalized spacial score (nSPS) is 12.3. The Kier molecular flexibility index (Phi) is 4.55. The third-order valence-corrected chi connectivity index (χ3v) is 2.04. The Labute approximate surface area is 94.2 Å². The highest BCUT2D eigenvalue weighted by molar-refractivity contribution is 6.28. The van der Waals surface area contributed by atoms with Crippen molar-refractivity contribution in [1.82, 2.24) is 15.0 Å². The van der Waals surface area contributed by atoms with Crippen LogP contribution in [0.3, 0.4) is 0 Å². The molecular weight excluding hydrogens is 216 g/mol. The zero-order valence-corrected chi connectivity index (χ0v) is 9.88. The summed E-state index contributed by atoms with van der Waals surface area (Å²) >= 11 is 5.71. The molecule has 15 heavy (non-hydrogen) atoms. The van der Waals surface area contributed by atoms with Gasteiger partial charge < -0.3 is 10.1 Å². The van der Waals surface area contributed by atoms with Crippen LogP contribution in [0.4, 0.5) is 5.95 Å². The van der Waals surface area contributed by atoms with E-state index in [0.29, 0.717) is 12.0 Å². The van der Waals surface area contributed by atoms with Crippen LogP contribution in [0.1, 0.15) is 26.7 Å². The van der Waals surface area contributed by atoms with E-state index in [2.05, 4.69) is 34.1 Å². The number of methoxy groups -OCH3 is 1. The van der Waals surface area contributed by atoms with E-state index in [4.69, 9.17) is 16.3 Å². The third-order valence-electron chi connectivity index (χ3n) is 1.87. The molecule has 0 bridgehead atoms. The van der Waals surface area contributed by atoms with Crippen LogP contribution in [0, 0.1) is 0 Å². The molecule has 0 radical (unpaired) electrons. The lowest BCUT2D eigenvalue weighted by Gasteiger charge is -2.12. The van der Waals surface area contributed by atoms with Crippen LogP contribution in [0.5, 0.6) is 6.01 Å². The molecule has 1 atom stereocenters. The van der Waals surface area contributed by atoms with Gasteiger partial charge in [0.2, 0.25) is 11.2 Å². The van der Waals surface area contributed by atoms with Crippen LogP contribution in [-0.4, -0.2) is 28.1 Å². The number of anilines is 1. The first kappa shape index (κ1) is 12.0. The maximum atomic E-state index is 5.71. The smallest absolute Gasteiger partial charge is 0.322 e. The van der Waals surface area contributed by atoms with Crippen molar-refractivity contribution in [2.45, 2.75) is 32.7 Å². The maximum Gasteiger partial charge on any atom is 0.322 e. The van der Waals surface area contributed by atoms with Gasteiger partial charge in [-0.15, -0.1) is 0 Å². The van der Waals surface area contributed by atoms with Crippen LogP contribution < -0.4 is 10.1 Å². The fourth-order valence-electron chi connectivity index (χ4n) is 1.21. The van der Waals surface area contributed by atoms with E-state index in [9.17, 15) is 0 Å². The van der Waals surface area contributed by atoms with Gasteiger partial charge in [0.15, 0.2) is 0 Å². The van der Waals surface area contributed by atoms with E-state index in [1.807, 2.05) is 0 Å². The Bertz CT molecular complexity index is 321. The van der Waals surface area contributed by atoms with Gasteiger partial charge >= 0.3 is 6.01 Å². The average Bonchev–Trinajstić information content (AvgIpc) is 2.17. The fourth-order valence-corrected chi connectivity index (χ4v) is 1.37. The molecule has 0 aliphatic carbocycles. The van der Waals surface area contributed by atoms with Crippen molar-refractivity contribution in [2.24, 2.45) is 0 Å². The van der Waals surface area contributed by atoms with E-state index >= 15 is 0 Å². The van der Waals surface area contributed by atoms with Crippen LogP contribution in [0.2, 0.25) is 5.28 Å². The van der Waals surface area contributed by atoms with E-state index in [-0.39, 0.29) is 11.3 Å². The number of aromatic nitrogens is 3. The zero-order valence-electron chi connectivity index (χ0n) is 9.12. The molecule has 1 N–H and O–H groups in total. The predicted octanol–water partition coefficient (Wildman–Crippen LogP) is 2.13. The van der Waals surface area contributed by atoms with E-state index in [0.717, 1.165) is 12.8 Å². The van der Waals surface area contributed by atoms with E-state index < -0.39 is 0 Å². The number of halogens is 1. The number of hydrogen-bond donors (Lipinski definition) is 1. The SMILES string of the molecule is CCCC(C)Nc1nc(Cl)nc(OC)n1. The highest BCUT2D eigenvalue weighted by Crippen LogP contribution is 2.12. The van der Waals surface area contributed by atoms with Crippen molar-refractivity contribution < 1.29 is 4.74 Å². The summed E-state index contributed by atoms with van der Waals surface area (Å²) in [5.41, 5.74) is 0. The summed E-state index contributed by atoms with van der Waals surface area (Å²) < 4.78 is 4.89. The van der Waals surface area contributed by atoms with Crippen molar-refractivity contribution in [3.8, 4) is 6.01 Å². The van der Waals surface area contributed by atoms with Gasteiger partial charge in [0.25, 0.3) is 0 Å². The van der Waals surface area contributed by atoms with Gasteiger partial charge in [0.05, 0.1) is 7.11 Å². The number of nitrogens with one attached hydrogen (secondary N) is 1. The lowest BCUT2D eigenvalue weighted by atomic mass is 10.2. The van der Waals surface area contributed by atoms with Gasteiger partial charge in [-0.2, -0.15) is 15.0 Å². The summed E-state index contributed by atoms with van der Waals surface area (Å²) in [7, 11) is 1.49. The van der Waals surface area contributed by atoms with Gasteiger partial charge in [0.1, 0.15) is 0 Å². The average molecular weight is 231 g/mol.